The van der Waals surface area contributed by atoms with Gasteiger partial charge in [0.2, 0.25) is 12.0 Å². The van der Waals surface area contributed by atoms with E-state index in [1.54, 1.807) is 0 Å². The molecule has 3 rings (SSSR count). The molecular weight excluding hydrogens is 376 g/mol. The van der Waals surface area contributed by atoms with Crippen LogP contribution in [-0.2, 0) is 9.84 Å². The van der Waals surface area contributed by atoms with E-state index in [0.29, 0.717) is 6.26 Å². The van der Waals surface area contributed by atoms with Crippen molar-refractivity contribution in [2.75, 3.05) is 6.26 Å². The third-order valence-electron chi connectivity index (χ3n) is 3.83. The number of ketones is 1. The molecule has 0 spiro atoms. The molecule has 2 aromatic rings. The first-order valence-electron chi connectivity index (χ1n) is 7.17. The highest BCUT2D eigenvalue weighted by Gasteiger charge is 2.59. The summed E-state index contributed by atoms with van der Waals surface area (Å²) in [5.41, 5.74) is -1.62. The molecule has 26 heavy (non-hydrogen) atoms. The Morgan fingerprint density at radius 1 is 1.19 bits per heavy atom. The molecule has 9 heteroatoms. The molecule has 0 aliphatic heterocycles. The molecule has 1 atom stereocenters. The number of ether oxygens (including phenoxy) is 1. The Bertz CT molecular complexity index is 1010. The molecule has 1 radical (unpaired) electrons. The molecule has 0 heterocycles. The average molecular weight is 387 g/mol. The van der Waals surface area contributed by atoms with E-state index >= 15 is 0 Å². The highest BCUT2D eigenvalue weighted by molar-refractivity contribution is 7.90. The number of alkyl halides is 3. The Balaban J connectivity index is 2.23. The van der Waals surface area contributed by atoms with E-state index in [4.69, 9.17) is 4.74 Å². The van der Waals surface area contributed by atoms with Gasteiger partial charge in [0.05, 0.1) is 10.5 Å². The van der Waals surface area contributed by atoms with Crippen molar-refractivity contribution in [3.8, 4) is 11.5 Å². The lowest BCUT2D eigenvalue weighted by Gasteiger charge is -2.14. The van der Waals surface area contributed by atoms with Gasteiger partial charge in [0.25, 0.3) is 0 Å². The molecule has 1 aliphatic rings. The lowest BCUT2D eigenvalue weighted by molar-refractivity contribution is -0.0368. The minimum Gasteiger partial charge on any atom is -0.457 e. The van der Waals surface area contributed by atoms with Crippen molar-refractivity contribution in [2.45, 2.75) is 17.0 Å². The molecule has 0 fully saturated rings. The van der Waals surface area contributed by atoms with Gasteiger partial charge in [-0.3, -0.25) is 4.79 Å². The van der Waals surface area contributed by atoms with Crippen LogP contribution in [0.25, 0.3) is 0 Å². The summed E-state index contributed by atoms with van der Waals surface area (Å²) in [6.45, 7) is 3.51. The number of carbonyl (C=O) groups is 1. The fourth-order valence-corrected chi connectivity index (χ4v) is 3.62. The van der Waals surface area contributed by atoms with Crippen molar-refractivity contribution in [3.05, 3.63) is 59.8 Å². The lowest BCUT2D eigenvalue weighted by atomic mass is 10.1. The minimum atomic E-state index is -4.43. The zero-order valence-corrected chi connectivity index (χ0v) is 14.0. The number of Topliss-reactive ketones (excluding diaryl/α,β-unsaturated/α-hetero) is 1. The SMILES string of the molecule is [CH2]c1cc(F)cc(Oc2ccc(S(C)(=O)=O)c3c2[C@@H](F)C(F)(F)C3=O)c1. The van der Waals surface area contributed by atoms with Crippen LogP contribution >= 0.6 is 0 Å². The zero-order chi connectivity index (χ0) is 19.4. The lowest BCUT2D eigenvalue weighted by Crippen LogP contribution is -2.26. The number of carbonyl (C=O) groups excluding carboxylic acids is 1. The molecule has 1 aliphatic carbocycles. The number of sulfone groups is 1. The molecular formula is C17H11F4O4S. The van der Waals surface area contributed by atoms with Gasteiger partial charge >= 0.3 is 5.92 Å². The molecule has 0 saturated heterocycles. The maximum atomic E-state index is 14.3. The van der Waals surface area contributed by atoms with E-state index in [2.05, 4.69) is 6.92 Å². The van der Waals surface area contributed by atoms with Crippen LogP contribution in [-0.4, -0.2) is 26.4 Å². The molecule has 0 saturated carbocycles. The van der Waals surface area contributed by atoms with E-state index in [-0.39, 0.29) is 11.3 Å². The highest BCUT2D eigenvalue weighted by atomic mass is 32.2. The summed E-state index contributed by atoms with van der Waals surface area (Å²) in [4.78, 5) is 11.2. The molecule has 0 unspecified atom stereocenters. The Morgan fingerprint density at radius 2 is 1.85 bits per heavy atom. The number of hydrogen-bond donors (Lipinski definition) is 0. The fourth-order valence-electron chi connectivity index (χ4n) is 2.73. The maximum absolute atomic E-state index is 14.3. The third-order valence-corrected chi connectivity index (χ3v) is 4.97. The first-order chi connectivity index (χ1) is 11.9. The van der Waals surface area contributed by atoms with Gasteiger partial charge in [0.15, 0.2) is 9.84 Å². The minimum absolute atomic E-state index is 0.167. The predicted molar refractivity (Wildman–Crippen MR) is 83.6 cm³/mol. The average Bonchev–Trinajstić information content (AvgIpc) is 2.67. The first-order valence-corrected chi connectivity index (χ1v) is 9.06. The van der Waals surface area contributed by atoms with Crippen molar-refractivity contribution in [1.29, 1.82) is 0 Å². The molecule has 4 nitrogen and oxygen atoms in total. The predicted octanol–water partition coefficient (Wildman–Crippen LogP) is 4.05. The van der Waals surface area contributed by atoms with Gasteiger partial charge in [0, 0.05) is 17.9 Å². The van der Waals surface area contributed by atoms with E-state index in [1.165, 1.54) is 6.07 Å². The molecule has 0 bridgehead atoms. The van der Waals surface area contributed by atoms with Crippen molar-refractivity contribution in [2.24, 2.45) is 0 Å². The molecule has 0 amide bonds. The summed E-state index contributed by atoms with van der Waals surface area (Å²) in [5, 5.41) is 0. The van der Waals surface area contributed by atoms with Gasteiger partial charge in [-0.05, 0) is 36.8 Å². The Labute approximate surface area is 146 Å². The fraction of sp³-hybridized carbons (Fsp3) is 0.176. The van der Waals surface area contributed by atoms with Gasteiger partial charge in [-0.15, -0.1) is 0 Å². The van der Waals surface area contributed by atoms with Crippen LogP contribution in [0.4, 0.5) is 17.6 Å². The summed E-state index contributed by atoms with van der Waals surface area (Å²) >= 11 is 0. The van der Waals surface area contributed by atoms with Crippen molar-refractivity contribution >= 4 is 15.6 Å². The summed E-state index contributed by atoms with van der Waals surface area (Å²) in [5.74, 6) is -7.77. The Morgan fingerprint density at radius 3 is 2.42 bits per heavy atom. The summed E-state index contributed by atoms with van der Waals surface area (Å²) < 4.78 is 84.4. The molecule has 0 aromatic heterocycles. The summed E-state index contributed by atoms with van der Waals surface area (Å²) in [6.07, 6.45) is -2.38. The third kappa shape index (κ3) is 2.86. The van der Waals surface area contributed by atoms with Crippen LogP contribution in [0.1, 0.15) is 27.7 Å². The van der Waals surface area contributed by atoms with Crippen molar-refractivity contribution in [1.82, 2.24) is 0 Å². The molecule has 137 valence electrons. The van der Waals surface area contributed by atoms with E-state index in [0.717, 1.165) is 24.3 Å². The van der Waals surface area contributed by atoms with E-state index < -0.39 is 55.3 Å². The summed E-state index contributed by atoms with van der Waals surface area (Å²) in [6, 6.07) is 5.08. The van der Waals surface area contributed by atoms with Crippen LogP contribution in [0, 0.1) is 12.7 Å². The van der Waals surface area contributed by atoms with Crippen LogP contribution < -0.4 is 4.74 Å². The monoisotopic (exact) mass is 387 g/mol. The molecule has 2 aromatic carbocycles. The second-order valence-corrected chi connectivity index (χ2v) is 7.82. The van der Waals surface area contributed by atoms with Crippen LogP contribution in [0.2, 0.25) is 0 Å². The van der Waals surface area contributed by atoms with Gasteiger partial charge in [-0.25, -0.2) is 17.2 Å². The zero-order valence-electron chi connectivity index (χ0n) is 13.2. The smallest absolute Gasteiger partial charge is 0.344 e. The normalized spacial score (nSPS) is 18.7. The quantitative estimate of drug-likeness (QED) is 0.746. The maximum Gasteiger partial charge on any atom is 0.344 e. The number of rotatable bonds is 3. The van der Waals surface area contributed by atoms with Crippen LogP contribution in [0.5, 0.6) is 11.5 Å². The van der Waals surface area contributed by atoms with Crippen LogP contribution in [0.3, 0.4) is 0 Å². The van der Waals surface area contributed by atoms with Gasteiger partial charge < -0.3 is 4.74 Å². The van der Waals surface area contributed by atoms with E-state index in [9.17, 15) is 30.8 Å². The second kappa shape index (κ2) is 5.80. The number of fused-ring (bicyclic) bond motifs is 1. The largest absolute Gasteiger partial charge is 0.457 e. The summed E-state index contributed by atoms with van der Waals surface area (Å²) in [7, 11) is -4.08. The number of hydrogen-bond acceptors (Lipinski definition) is 4. The standard InChI is InChI=1S/C17H11F4O4S/c1-8-5-9(18)7-10(6-8)25-11-3-4-12(26(2,23)24)14-13(11)15(19)17(20,21)16(14)22/h3-7,15H,1H2,2H3/t15-/m1/s1. The topological polar surface area (TPSA) is 60.4 Å². The first kappa shape index (κ1) is 18.4. The van der Waals surface area contributed by atoms with Gasteiger partial charge in [-0.2, -0.15) is 8.78 Å². The Kier molecular flexibility index (Phi) is 4.10. The van der Waals surface area contributed by atoms with Gasteiger partial charge in [0.1, 0.15) is 17.3 Å². The Hall–Kier alpha value is -2.42. The highest BCUT2D eigenvalue weighted by Crippen LogP contribution is 2.51. The molecule has 0 N–H and O–H groups in total. The van der Waals surface area contributed by atoms with Crippen molar-refractivity contribution in [3.63, 3.8) is 0 Å². The van der Waals surface area contributed by atoms with Crippen LogP contribution in [0.15, 0.2) is 35.2 Å². The van der Waals surface area contributed by atoms with Crippen molar-refractivity contribution < 1.29 is 35.5 Å². The second-order valence-electron chi connectivity index (χ2n) is 5.83. The number of benzene rings is 2. The van der Waals surface area contributed by atoms with E-state index in [1.807, 2.05) is 0 Å². The van der Waals surface area contributed by atoms with Gasteiger partial charge in [-0.1, -0.05) is 0 Å². The number of halogens is 4.